The van der Waals surface area contributed by atoms with Gasteiger partial charge in [0.2, 0.25) is 0 Å². The SMILES string of the molecule is CCNCc1cc(F)c(OCC(=O)NC(C)CC)c(F)c1. The fourth-order valence-corrected chi connectivity index (χ4v) is 1.68. The average Bonchev–Trinajstić information content (AvgIpc) is 2.43. The lowest BCUT2D eigenvalue weighted by atomic mass is 10.2. The number of hydrogen-bond acceptors (Lipinski definition) is 3. The van der Waals surface area contributed by atoms with Gasteiger partial charge in [-0.15, -0.1) is 0 Å². The Kier molecular flexibility index (Phi) is 7.08. The van der Waals surface area contributed by atoms with Crippen LogP contribution < -0.4 is 15.4 Å². The fourth-order valence-electron chi connectivity index (χ4n) is 1.68. The first-order valence-electron chi connectivity index (χ1n) is 7.08. The number of carbonyl (C=O) groups excluding carboxylic acids is 1. The summed E-state index contributed by atoms with van der Waals surface area (Å²) in [4.78, 5) is 11.5. The van der Waals surface area contributed by atoms with Crippen LogP contribution in [-0.2, 0) is 11.3 Å². The fraction of sp³-hybridized carbons (Fsp3) is 0.533. The molecule has 0 saturated carbocycles. The molecule has 0 aliphatic heterocycles. The van der Waals surface area contributed by atoms with Crippen LogP contribution in [0.3, 0.4) is 0 Å². The van der Waals surface area contributed by atoms with Crippen LogP contribution in [0.1, 0.15) is 32.8 Å². The Balaban J connectivity index is 2.65. The van der Waals surface area contributed by atoms with Gasteiger partial charge in [-0.1, -0.05) is 13.8 Å². The standard InChI is InChI=1S/C15H22F2N2O2/c1-4-10(3)19-14(20)9-21-15-12(16)6-11(7-13(15)17)8-18-5-2/h6-7,10,18H,4-5,8-9H2,1-3H3,(H,19,20). The van der Waals surface area contributed by atoms with E-state index >= 15 is 0 Å². The van der Waals surface area contributed by atoms with Crippen LogP contribution in [-0.4, -0.2) is 25.1 Å². The van der Waals surface area contributed by atoms with Crippen LogP contribution in [0.25, 0.3) is 0 Å². The summed E-state index contributed by atoms with van der Waals surface area (Å²) in [6.07, 6.45) is 0.771. The zero-order chi connectivity index (χ0) is 15.8. The van der Waals surface area contributed by atoms with Crippen LogP contribution in [0.5, 0.6) is 5.75 Å². The highest BCUT2D eigenvalue weighted by Gasteiger charge is 2.15. The lowest BCUT2D eigenvalue weighted by Crippen LogP contribution is -2.35. The molecule has 0 aromatic heterocycles. The van der Waals surface area contributed by atoms with Gasteiger partial charge in [-0.05, 0) is 37.6 Å². The molecule has 1 aromatic rings. The van der Waals surface area contributed by atoms with E-state index in [-0.39, 0.29) is 6.04 Å². The smallest absolute Gasteiger partial charge is 0.258 e. The van der Waals surface area contributed by atoms with E-state index in [2.05, 4.69) is 10.6 Å². The predicted molar refractivity (Wildman–Crippen MR) is 77.1 cm³/mol. The molecule has 0 fully saturated rings. The van der Waals surface area contributed by atoms with E-state index in [9.17, 15) is 13.6 Å². The number of halogens is 2. The number of benzene rings is 1. The van der Waals surface area contributed by atoms with E-state index in [0.29, 0.717) is 18.7 Å². The highest BCUT2D eigenvalue weighted by atomic mass is 19.1. The molecule has 0 heterocycles. The molecule has 0 radical (unpaired) electrons. The maximum atomic E-state index is 13.8. The molecule has 1 atom stereocenters. The van der Waals surface area contributed by atoms with Crippen molar-refractivity contribution in [2.45, 2.75) is 39.8 Å². The Morgan fingerprint density at radius 3 is 2.43 bits per heavy atom. The van der Waals surface area contributed by atoms with Crippen molar-refractivity contribution in [2.24, 2.45) is 0 Å². The van der Waals surface area contributed by atoms with Crippen LogP contribution in [0.15, 0.2) is 12.1 Å². The Hall–Kier alpha value is -1.69. The minimum Gasteiger partial charge on any atom is -0.478 e. The second-order valence-corrected chi connectivity index (χ2v) is 4.83. The molecule has 2 N–H and O–H groups in total. The van der Waals surface area contributed by atoms with Gasteiger partial charge in [0.15, 0.2) is 24.0 Å². The molecule has 21 heavy (non-hydrogen) atoms. The van der Waals surface area contributed by atoms with E-state index in [1.807, 2.05) is 20.8 Å². The second-order valence-electron chi connectivity index (χ2n) is 4.83. The minimum atomic E-state index is -0.806. The van der Waals surface area contributed by atoms with Gasteiger partial charge in [-0.25, -0.2) is 8.78 Å². The van der Waals surface area contributed by atoms with Gasteiger partial charge in [0.05, 0.1) is 0 Å². The first-order chi connectivity index (χ1) is 9.97. The Labute approximate surface area is 123 Å². The van der Waals surface area contributed by atoms with Crippen molar-refractivity contribution in [1.82, 2.24) is 10.6 Å². The van der Waals surface area contributed by atoms with Crippen molar-refractivity contribution in [1.29, 1.82) is 0 Å². The first-order valence-corrected chi connectivity index (χ1v) is 7.08. The van der Waals surface area contributed by atoms with Crippen molar-refractivity contribution in [3.8, 4) is 5.75 Å². The summed E-state index contributed by atoms with van der Waals surface area (Å²) in [5.74, 6) is -2.53. The van der Waals surface area contributed by atoms with Crippen molar-refractivity contribution in [3.63, 3.8) is 0 Å². The van der Waals surface area contributed by atoms with Crippen molar-refractivity contribution in [3.05, 3.63) is 29.3 Å². The molecule has 1 amide bonds. The van der Waals surface area contributed by atoms with Crippen molar-refractivity contribution >= 4 is 5.91 Å². The number of hydrogen-bond donors (Lipinski definition) is 2. The van der Waals surface area contributed by atoms with Crippen molar-refractivity contribution in [2.75, 3.05) is 13.2 Å². The lowest BCUT2D eigenvalue weighted by molar-refractivity contribution is -0.123. The van der Waals surface area contributed by atoms with E-state index < -0.39 is 29.9 Å². The highest BCUT2D eigenvalue weighted by molar-refractivity contribution is 5.77. The number of nitrogens with one attached hydrogen (secondary N) is 2. The number of rotatable bonds is 8. The second kappa shape index (κ2) is 8.56. The molecule has 0 aliphatic rings. The Morgan fingerprint density at radius 2 is 1.90 bits per heavy atom. The summed E-state index contributed by atoms with van der Waals surface area (Å²) in [5.41, 5.74) is 0.489. The summed E-state index contributed by atoms with van der Waals surface area (Å²) >= 11 is 0. The Bertz CT molecular complexity index is 458. The molecular weight excluding hydrogens is 278 g/mol. The van der Waals surface area contributed by atoms with E-state index in [4.69, 9.17) is 4.74 Å². The normalized spacial score (nSPS) is 12.0. The third-order valence-electron chi connectivity index (χ3n) is 3.00. The molecule has 0 bridgehead atoms. The lowest BCUT2D eigenvalue weighted by Gasteiger charge is -2.13. The molecule has 1 unspecified atom stereocenters. The van der Waals surface area contributed by atoms with Gasteiger partial charge in [-0.3, -0.25) is 4.79 Å². The monoisotopic (exact) mass is 300 g/mol. The minimum absolute atomic E-state index is 0.00159. The summed E-state index contributed by atoms with van der Waals surface area (Å²) < 4.78 is 32.5. The maximum Gasteiger partial charge on any atom is 0.258 e. The predicted octanol–water partition coefficient (Wildman–Crippen LogP) is 2.37. The third-order valence-corrected chi connectivity index (χ3v) is 3.00. The van der Waals surface area contributed by atoms with Crippen LogP contribution in [0.2, 0.25) is 0 Å². The average molecular weight is 300 g/mol. The molecule has 118 valence electrons. The number of carbonyl (C=O) groups is 1. The molecule has 6 heteroatoms. The highest BCUT2D eigenvalue weighted by Crippen LogP contribution is 2.23. The Morgan fingerprint density at radius 1 is 1.29 bits per heavy atom. The van der Waals surface area contributed by atoms with E-state index in [0.717, 1.165) is 6.42 Å². The molecule has 4 nitrogen and oxygen atoms in total. The van der Waals surface area contributed by atoms with Gasteiger partial charge < -0.3 is 15.4 Å². The molecular formula is C15H22F2N2O2. The molecule has 0 aliphatic carbocycles. The van der Waals surface area contributed by atoms with E-state index in [1.165, 1.54) is 12.1 Å². The van der Waals surface area contributed by atoms with Gasteiger partial charge in [-0.2, -0.15) is 0 Å². The van der Waals surface area contributed by atoms with Crippen LogP contribution in [0.4, 0.5) is 8.78 Å². The number of ether oxygens (including phenoxy) is 1. The topological polar surface area (TPSA) is 50.4 Å². The summed E-state index contributed by atoms with van der Waals surface area (Å²) in [6, 6.07) is 2.40. The zero-order valence-corrected chi connectivity index (χ0v) is 12.6. The molecule has 1 rings (SSSR count). The van der Waals surface area contributed by atoms with Gasteiger partial charge in [0.1, 0.15) is 0 Å². The summed E-state index contributed by atoms with van der Waals surface area (Å²) in [7, 11) is 0. The summed E-state index contributed by atoms with van der Waals surface area (Å²) in [5, 5.41) is 5.64. The molecule has 0 spiro atoms. The first kappa shape index (κ1) is 17.4. The zero-order valence-electron chi connectivity index (χ0n) is 12.6. The molecule has 0 saturated heterocycles. The number of amides is 1. The van der Waals surface area contributed by atoms with Crippen LogP contribution in [0, 0.1) is 11.6 Å². The molecule has 1 aromatic carbocycles. The third kappa shape index (κ3) is 5.67. The van der Waals surface area contributed by atoms with Gasteiger partial charge >= 0.3 is 0 Å². The van der Waals surface area contributed by atoms with E-state index in [1.54, 1.807) is 0 Å². The quantitative estimate of drug-likeness (QED) is 0.775. The van der Waals surface area contributed by atoms with Gasteiger partial charge in [0, 0.05) is 12.6 Å². The summed E-state index contributed by atoms with van der Waals surface area (Å²) in [6.45, 7) is 6.34. The largest absolute Gasteiger partial charge is 0.478 e. The van der Waals surface area contributed by atoms with Gasteiger partial charge in [0.25, 0.3) is 5.91 Å². The maximum absolute atomic E-state index is 13.8. The van der Waals surface area contributed by atoms with Crippen molar-refractivity contribution < 1.29 is 18.3 Å². The van der Waals surface area contributed by atoms with Crippen LogP contribution >= 0.6 is 0 Å².